The first-order valence-electron chi connectivity index (χ1n) is 6.63. The molecule has 3 nitrogen and oxygen atoms in total. The third-order valence-corrected chi connectivity index (χ3v) is 4.24. The van der Waals surface area contributed by atoms with Crippen LogP contribution in [0.25, 0.3) is 0 Å². The average molecular weight is 321 g/mol. The molecule has 0 radical (unpaired) electrons. The van der Waals surface area contributed by atoms with Crippen molar-refractivity contribution in [1.29, 1.82) is 0 Å². The van der Waals surface area contributed by atoms with Gasteiger partial charge >= 0.3 is 0 Å². The smallest absolute Gasteiger partial charge is 0.229 e. The van der Waals surface area contributed by atoms with Gasteiger partial charge in [0.25, 0.3) is 0 Å². The van der Waals surface area contributed by atoms with Crippen molar-refractivity contribution in [2.45, 2.75) is 12.5 Å². The lowest BCUT2D eigenvalue weighted by Gasteiger charge is -2.32. The molecule has 108 valence electrons. The molecule has 1 aliphatic rings. The summed E-state index contributed by atoms with van der Waals surface area (Å²) in [4.78, 5) is 13.8. The largest absolute Gasteiger partial charge is 0.376 e. The number of rotatable bonds is 2. The van der Waals surface area contributed by atoms with Gasteiger partial charge in [-0.3, -0.25) is 4.79 Å². The molecule has 1 aliphatic heterocycles. The summed E-state index contributed by atoms with van der Waals surface area (Å²) in [5, 5.41) is 4.48. The minimum atomic E-state index is -0.0939. The van der Waals surface area contributed by atoms with Crippen molar-refractivity contribution in [3.63, 3.8) is 0 Å². The molecule has 2 aromatic carbocycles. The minimum Gasteiger partial charge on any atom is -0.376 e. The molecule has 0 saturated heterocycles. The Morgan fingerprint density at radius 2 is 1.95 bits per heavy atom. The van der Waals surface area contributed by atoms with E-state index < -0.39 is 0 Å². The van der Waals surface area contributed by atoms with Gasteiger partial charge in [0, 0.05) is 17.8 Å². The summed E-state index contributed by atoms with van der Waals surface area (Å²) in [5.74, 6) is 0.0799. The summed E-state index contributed by atoms with van der Waals surface area (Å²) in [5.41, 5.74) is 2.79. The SMILES string of the molecule is CN1C(=O)CC(Nc2ccc(Cl)cc2Cl)c2ccccc21. The molecular formula is C16H14Cl2N2O. The first-order valence-corrected chi connectivity index (χ1v) is 7.39. The van der Waals surface area contributed by atoms with Crippen LogP contribution in [-0.4, -0.2) is 13.0 Å². The molecule has 1 N–H and O–H groups in total. The van der Waals surface area contributed by atoms with Gasteiger partial charge in [0.15, 0.2) is 0 Å². The van der Waals surface area contributed by atoms with Crippen molar-refractivity contribution in [3.05, 3.63) is 58.1 Å². The molecule has 1 unspecified atom stereocenters. The first kappa shape index (κ1) is 14.2. The van der Waals surface area contributed by atoms with Gasteiger partial charge in [-0.2, -0.15) is 0 Å². The van der Waals surface area contributed by atoms with Gasteiger partial charge in [-0.05, 0) is 29.8 Å². The number of nitrogens with zero attached hydrogens (tertiary/aromatic N) is 1. The molecule has 0 spiro atoms. The highest BCUT2D eigenvalue weighted by molar-refractivity contribution is 6.36. The van der Waals surface area contributed by atoms with Crippen molar-refractivity contribution in [2.24, 2.45) is 0 Å². The second kappa shape index (κ2) is 5.58. The molecule has 3 rings (SSSR count). The van der Waals surface area contributed by atoms with E-state index in [2.05, 4.69) is 5.32 Å². The molecule has 0 fully saturated rings. The minimum absolute atomic E-state index is 0.0799. The Kier molecular flexibility index (Phi) is 3.79. The third kappa shape index (κ3) is 2.71. The van der Waals surface area contributed by atoms with Gasteiger partial charge in [-0.15, -0.1) is 0 Å². The maximum Gasteiger partial charge on any atom is 0.229 e. The number of hydrogen-bond acceptors (Lipinski definition) is 2. The van der Waals surface area contributed by atoms with E-state index in [9.17, 15) is 4.79 Å². The number of hydrogen-bond donors (Lipinski definition) is 1. The third-order valence-electron chi connectivity index (χ3n) is 3.69. The van der Waals surface area contributed by atoms with E-state index in [1.54, 1.807) is 24.1 Å². The van der Waals surface area contributed by atoms with Crippen LogP contribution in [0.5, 0.6) is 0 Å². The molecule has 0 aromatic heterocycles. The highest BCUT2D eigenvalue weighted by atomic mass is 35.5. The van der Waals surface area contributed by atoms with Crippen molar-refractivity contribution in [2.75, 3.05) is 17.3 Å². The summed E-state index contributed by atoms with van der Waals surface area (Å²) in [6.07, 6.45) is 0.395. The maximum atomic E-state index is 12.1. The quantitative estimate of drug-likeness (QED) is 0.882. The average Bonchev–Trinajstić information content (AvgIpc) is 2.47. The zero-order chi connectivity index (χ0) is 15.0. The van der Waals surface area contributed by atoms with Crippen molar-refractivity contribution >= 4 is 40.5 Å². The molecule has 1 heterocycles. The van der Waals surface area contributed by atoms with E-state index >= 15 is 0 Å². The normalized spacial score (nSPS) is 17.6. The first-order chi connectivity index (χ1) is 10.1. The standard InChI is InChI=1S/C16H14Cl2N2O/c1-20-15-5-3-2-4-11(15)14(9-16(20)21)19-13-7-6-10(17)8-12(13)18/h2-8,14,19H,9H2,1H3. The Hall–Kier alpha value is -1.71. The van der Waals surface area contributed by atoms with E-state index in [0.29, 0.717) is 16.5 Å². The zero-order valence-electron chi connectivity index (χ0n) is 11.4. The summed E-state index contributed by atoms with van der Waals surface area (Å²) in [7, 11) is 1.80. The van der Waals surface area contributed by atoms with E-state index in [4.69, 9.17) is 23.2 Å². The zero-order valence-corrected chi connectivity index (χ0v) is 12.9. The number of para-hydroxylation sites is 1. The van der Waals surface area contributed by atoms with Gasteiger partial charge in [-0.25, -0.2) is 0 Å². The van der Waals surface area contributed by atoms with Crippen LogP contribution in [0.2, 0.25) is 10.0 Å². The number of carbonyl (C=O) groups excluding carboxylic acids is 1. The molecule has 5 heteroatoms. The Morgan fingerprint density at radius 3 is 2.71 bits per heavy atom. The second-order valence-electron chi connectivity index (χ2n) is 5.04. The Morgan fingerprint density at radius 1 is 1.19 bits per heavy atom. The Labute approximate surface area is 133 Å². The fraction of sp³-hybridized carbons (Fsp3) is 0.188. The molecule has 2 aromatic rings. The number of nitrogens with one attached hydrogen (secondary N) is 1. The molecule has 1 amide bonds. The number of amides is 1. The lowest BCUT2D eigenvalue weighted by molar-refractivity contribution is -0.118. The summed E-state index contributed by atoms with van der Waals surface area (Å²) in [6, 6.07) is 13.1. The molecule has 0 saturated carbocycles. The fourth-order valence-electron chi connectivity index (χ4n) is 2.57. The topological polar surface area (TPSA) is 32.3 Å². The van der Waals surface area contributed by atoms with Crippen LogP contribution in [0.4, 0.5) is 11.4 Å². The lowest BCUT2D eigenvalue weighted by atomic mass is 9.96. The van der Waals surface area contributed by atoms with Crippen LogP contribution in [0.15, 0.2) is 42.5 Å². The van der Waals surface area contributed by atoms with Gasteiger partial charge in [0.05, 0.1) is 23.2 Å². The van der Waals surface area contributed by atoms with Crippen molar-refractivity contribution in [1.82, 2.24) is 0 Å². The number of anilines is 2. The van der Waals surface area contributed by atoms with Crippen LogP contribution in [-0.2, 0) is 4.79 Å². The maximum absolute atomic E-state index is 12.1. The Bertz CT molecular complexity index is 702. The molecule has 21 heavy (non-hydrogen) atoms. The van der Waals surface area contributed by atoms with E-state index in [1.807, 2.05) is 30.3 Å². The summed E-state index contributed by atoms with van der Waals surface area (Å²) >= 11 is 12.1. The van der Waals surface area contributed by atoms with Gasteiger partial charge in [0.1, 0.15) is 0 Å². The van der Waals surface area contributed by atoms with Gasteiger partial charge in [0.2, 0.25) is 5.91 Å². The fourth-order valence-corrected chi connectivity index (χ4v) is 3.03. The van der Waals surface area contributed by atoms with Crippen molar-refractivity contribution < 1.29 is 4.79 Å². The van der Waals surface area contributed by atoms with Crippen LogP contribution >= 0.6 is 23.2 Å². The second-order valence-corrected chi connectivity index (χ2v) is 5.88. The predicted octanol–water partition coefficient (Wildman–Crippen LogP) is 4.51. The van der Waals surface area contributed by atoms with Crippen LogP contribution in [0.3, 0.4) is 0 Å². The molecular weight excluding hydrogens is 307 g/mol. The lowest BCUT2D eigenvalue weighted by Crippen LogP contribution is -2.35. The summed E-state index contributed by atoms with van der Waals surface area (Å²) in [6.45, 7) is 0. The number of halogens is 2. The van der Waals surface area contributed by atoms with E-state index in [-0.39, 0.29) is 11.9 Å². The van der Waals surface area contributed by atoms with Gasteiger partial charge in [-0.1, -0.05) is 41.4 Å². The Balaban J connectivity index is 1.96. The molecule has 0 bridgehead atoms. The highest BCUT2D eigenvalue weighted by Crippen LogP contribution is 2.37. The monoisotopic (exact) mass is 320 g/mol. The number of carbonyl (C=O) groups is 1. The highest BCUT2D eigenvalue weighted by Gasteiger charge is 2.29. The van der Waals surface area contributed by atoms with Gasteiger partial charge < -0.3 is 10.2 Å². The predicted molar refractivity (Wildman–Crippen MR) is 87.3 cm³/mol. The molecule has 1 atom stereocenters. The van der Waals surface area contributed by atoms with Crippen molar-refractivity contribution in [3.8, 4) is 0 Å². The van der Waals surface area contributed by atoms with Crippen LogP contribution in [0, 0.1) is 0 Å². The van der Waals surface area contributed by atoms with E-state index in [1.165, 1.54) is 0 Å². The number of benzene rings is 2. The van der Waals surface area contributed by atoms with Crippen LogP contribution < -0.4 is 10.2 Å². The summed E-state index contributed by atoms with van der Waals surface area (Å²) < 4.78 is 0. The molecule has 0 aliphatic carbocycles. The number of fused-ring (bicyclic) bond motifs is 1. The van der Waals surface area contributed by atoms with E-state index in [0.717, 1.165) is 16.9 Å². The van der Waals surface area contributed by atoms with Crippen LogP contribution in [0.1, 0.15) is 18.0 Å².